The van der Waals surface area contributed by atoms with Crippen LogP contribution in [0.1, 0.15) is 41.6 Å². The van der Waals surface area contributed by atoms with Crippen molar-refractivity contribution in [1.82, 2.24) is 19.9 Å². The summed E-state index contributed by atoms with van der Waals surface area (Å²) in [5.41, 5.74) is 1.22. The molecule has 1 aliphatic heterocycles. The number of hydrogen-bond acceptors (Lipinski definition) is 7. The van der Waals surface area contributed by atoms with Crippen molar-refractivity contribution < 1.29 is 23.6 Å². The Labute approximate surface area is 214 Å². The summed E-state index contributed by atoms with van der Waals surface area (Å²) in [6.07, 6.45) is 2.50. The van der Waals surface area contributed by atoms with Gasteiger partial charge in [0.05, 0.1) is 13.7 Å². The predicted octanol–water partition coefficient (Wildman–Crippen LogP) is 4.24. The molecule has 0 bridgehead atoms. The van der Waals surface area contributed by atoms with Gasteiger partial charge in [0.15, 0.2) is 0 Å². The maximum absolute atomic E-state index is 13.5. The smallest absolute Gasteiger partial charge is 0.254 e. The Balaban J connectivity index is 1.52. The standard InChI is InChI=1S/C26H29ClN4O5/c1-34-15-14-30(26(33)19-6-5-7-21(16-19)35-2)17-23(32)31-13-4-3-8-22(31)25-28-24(29-36-25)18-9-11-20(27)12-10-18/h5-7,9-12,16,22H,3-4,8,13-15,17H2,1-2H3. The Kier molecular flexibility index (Phi) is 8.56. The van der Waals surface area contributed by atoms with Gasteiger partial charge in [-0.15, -0.1) is 0 Å². The molecule has 0 spiro atoms. The monoisotopic (exact) mass is 512 g/mol. The highest BCUT2D eigenvalue weighted by Gasteiger charge is 2.33. The summed E-state index contributed by atoms with van der Waals surface area (Å²) in [6.45, 7) is 1.04. The van der Waals surface area contributed by atoms with Crippen LogP contribution < -0.4 is 4.74 Å². The largest absolute Gasteiger partial charge is 0.497 e. The molecule has 1 aromatic heterocycles. The lowest BCUT2D eigenvalue weighted by atomic mass is 10.0. The van der Waals surface area contributed by atoms with E-state index in [1.54, 1.807) is 55.5 Å². The second-order valence-electron chi connectivity index (χ2n) is 8.51. The van der Waals surface area contributed by atoms with Gasteiger partial charge in [-0.3, -0.25) is 9.59 Å². The Hall–Kier alpha value is -3.43. The normalized spacial score (nSPS) is 15.5. The average molecular weight is 513 g/mol. The summed E-state index contributed by atoms with van der Waals surface area (Å²) in [5.74, 6) is 0.946. The molecule has 190 valence electrons. The van der Waals surface area contributed by atoms with Crippen molar-refractivity contribution in [2.45, 2.75) is 25.3 Å². The van der Waals surface area contributed by atoms with Crippen molar-refractivity contribution in [3.63, 3.8) is 0 Å². The van der Waals surface area contributed by atoms with Crippen LogP contribution in [0.2, 0.25) is 5.02 Å². The highest BCUT2D eigenvalue weighted by Crippen LogP contribution is 2.31. The number of hydrogen-bond donors (Lipinski definition) is 0. The minimum absolute atomic E-state index is 0.0892. The van der Waals surface area contributed by atoms with Crippen LogP contribution in [0.4, 0.5) is 0 Å². The van der Waals surface area contributed by atoms with Gasteiger partial charge in [0.1, 0.15) is 18.3 Å². The zero-order chi connectivity index (χ0) is 25.5. The first-order valence-corrected chi connectivity index (χ1v) is 12.2. The third kappa shape index (κ3) is 6.03. The molecule has 1 aliphatic rings. The summed E-state index contributed by atoms with van der Waals surface area (Å²) in [6, 6.07) is 13.7. The first-order chi connectivity index (χ1) is 17.5. The van der Waals surface area contributed by atoms with Gasteiger partial charge >= 0.3 is 0 Å². The van der Waals surface area contributed by atoms with E-state index < -0.39 is 0 Å². The first-order valence-electron chi connectivity index (χ1n) is 11.8. The van der Waals surface area contributed by atoms with Crippen molar-refractivity contribution in [3.8, 4) is 17.1 Å². The lowest BCUT2D eigenvalue weighted by Crippen LogP contribution is -2.46. The SMILES string of the molecule is COCCN(CC(=O)N1CCCCC1c1nc(-c2ccc(Cl)cc2)no1)C(=O)c1cccc(OC)c1. The molecule has 9 nitrogen and oxygen atoms in total. The van der Waals surface area contributed by atoms with E-state index in [9.17, 15) is 9.59 Å². The fourth-order valence-corrected chi connectivity index (χ4v) is 4.35. The summed E-state index contributed by atoms with van der Waals surface area (Å²) in [5, 5.41) is 4.73. The predicted molar refractivity (Wildman–Crippen MR) is 134 cm³/mol. The maximum Gasteiger partial charge on any atom is 0.254 e. The molecule has 3 aromatic rings. The third-order valence-electron chi connectivity index (χ3n) is 6.15. The van der Waals surface area contributed by atoms with E-state index >= 15 is 0 Å². The quantitative estimate of drug-likeness (QED) is 0.423. The van der Waals surface area contributed by atoms with Gasteiger partial charge in [0.2, 0.25) is 17.6 Å². The minimum atomic E-state index is -0.351. The number of ether oxygens (including phenoxy) is 2. The summed E-state index contributed by atoms with van der Waals surface area (Å²) < 4.78 is 16.0. The molecular weight excluding hydrogens is 484 g/mol. The molecule has 0 saturated carbocycles. The second kappa shape index (κ2) is 12.0. The van der Waals surface area contributed by atoms with Crippen LogP contribution >= 0.6 is 11.6 Å². The minimum Gasteiger partial charge on any atom is -0.497 e. The molecule has 2 aromatic carbocycles. The van der Waals surface area contributed by atoms with E-state index in [0.717, 1.165) is 18.4 Å². The van der Waals surface area contributed by atoms with E-state index in [1.165, 1.54) is 4.90 Å². The van der Waals surface area contributed by atoms with Gasteiger partial charge in [-0.25, -0.2) is 0 Å². The number of halogens is 1. The number of carbonyl (C=O) groups excluding carboxylic acids is 2. The Bertz CT molecular complexity index is 1180. The van der Waals surface area contributed by atoms with Crippen LogP contribution in [-0.2, 0) is 9.53 Å². The molecule has 0 radical (unpaired) electrons. The number of rotatable bonds is 9. The number of piperidine rings is 1. The van der Waals surface area contributed by atoms with Crippen molar-refractivity contribution in [1.29, 1.82) is 0 Å². The number of amides is 2. The van der Waals surface area contributed by atoms with E-state index in [1.807, 2.05) is 12.1 Å². The van der Waals surface area contributed by atoms with Crippen LogP contribution in [0.3, 0.4) is 0 Å². The van der Waals surface area contributed by atoms with Crippen molar-refractivity contribution >= 4 is 23.4 Å². The zero-order valence-electron chi connectivity index (χ0n) is 20.4. The summed E-state index contributed by atoms with van der Waals surface area (Å²) >= 11 is 5.98. The van der Waals surface area contributed by atoms with E-state index in [4.69, 9.17) is 25.6 Å². The highest BCUT2D eigenvalue weighted by atomic mass is 35.5. The van der Waals surface area contributed by atoms with Gasteiger partial charge in [0.25, 0.3) is 5.91 Å². The second-order valence-corrected chi connectivity index (χ2v) is 8.95. The number of methoxy groups -OCH3 is 2. The van der Waals surface area contributed by atoms with Crippen molar-refractivity contribution in [3.05, 3.63) is 65.0 Å². The average Bonchev–Trinajstić information content (AvgIpc) is 3.41. The molecule has 1 fully saturated rings. The molecule has 1 saturated heterocycles. The number of carbonyl (C=O) groups is 2. The van der Waals surface area contributed by atoms with Crippen molar-refractivity contribution in [2.75, 3.05) is 40.5 Å². The fraction of sp³-hybridized carbons (Fsp3) is 0.385. The summed E-state index contributed by atoms with van der Waals surface area (Å²) in [4.78, 5) is 34.6. The van der Waals surface area contributed by atoms with E-state index in [-0.39, 0.29) is 30.9 Å². The van der Waals surface area contributed by atoms with Gasteiger partial charge < -0.3 is 23.8 Å². The molecule has 0 aliphatic carbocycles. The lowest BCUT2D eigenvalue weighted by Gasteiger charge is -2.35. The molecule has 36 heavy (non-hydrogen) atoms. The molecular formula is C26H29ClN4O5. The molecule has 10 heteroatoms. The van der Waals surface area contributed by atoms with Crippen LogP contribution in [0.5, 0.6) is 5.75 Å². The maximum atomic E-state index is 13.5. The number of aromatic nitrogens is 2. The van der Waals surface area contributed by atoms with Crippen LogP contribution in [0.25, 0.3) is 11.4 Å². The highest BCUT2D eigenvalue weighted by molar-refractivity contribution is 6.30. The number of likely N-dealkylation sites (tertiary alicyclic amines) is 1. The molecule has 1 atom stereocenters. The lowest BCUT2D eigenvalue weighted by molar-refractivity contribution is -0.136. The molecule has 4 rings (SSSR count). The Morgan fingerprint density at radius 3 is 2.72 bits per heavy atom. The zero-order valence-corrected chi connectivity index (χ0v) is 21.1. The van der Waals surface area contributed by atoms with Crippen LogP contribution in [0, 0.1) is 0 Å². The Morgan fingerprint density at radius 2 is 1.97 bits per heavy atom. The third-order valence-corrected chi connectivity index (χ3v) is 6.40. The molecule has 2 heterocycles. The number of nitrogens with zero attached hydrogens (tertiary/aromatic N) is 4. The molecule has 0 N–H and O–H groups in total. The van der Waals surface area contributed by atoms with E-state index in [0.29, 0.717) is 47.6 Å². The topological polar surface area (TPSA) is 98.0 Å². The molecule has 1 unspecified atom stereocenters. The van der Waals surface area contributed by atoms with Gasteiger partial charge in [-0.1, -0.05) is 22.8 Å². The number of benzene rings is 2. The van der Waals surface area contributed by atoms with Crippen LogP contribution in [-0.4, -0.2) is 72.2 Å². The van der Waals surface area contributed by atoms with Gasteiger partial charge in [-0.05, 0) is 61.7 Å². The van der Waals surface area contributed by atoms with Gasteiger partial charge in [0, 0.05) is 36.3 Å². The molecule has 2 amide bonds. The van der Waals surface area contributed by atoms with Gasteiger partial charge in [-0.2, -0.15) is 4.98 Å². The fourth-order valence-electron chi connectivity index (χ4n) is 4.22. The Morgan fingerprint density at radius 1 is 1.17 bits per heavy atom. The van der Waals surface area contributed by atoms with E-state index in [2.05, 4.69) is 10.1 Å². The van der Waals surface area contributed by atoms with Crippen molar-refractivity contribution in [2.24, 2.45) is 0 Å². The van der Waals surface area contributed by atoms with Crippen LogP contribution in [0.15, 0.2) is 53.1 Å². The first kappa shape index (κ1) is 25.7. The summed E-state index contributed by atoms with van der Waals surface area (Å²) in [7, 11) is 3.10.